The van der Waals surface area contributed by atoms with E-state index in [1.807, 2.05) is 0 Å². The molecule has 2 saturated carbocycles. The second kappa shape index (κ2) is 8.57. The third-order valence-electron chi connectivity index (χ3n) is 7.24. The summed E-state index contributed by atoms with van der Waals surface area (Å²) in [6.07, 6.45) is 2.26. The maximum Gasteiger partial charge on any atom is 0.408 e. The lowest BCUT2D eigenvalue weighted by Crippen LogP contribution is -2.69. The summed E-state index contributed by atoms with van der Waals surface area (Å²) in [7, 11) is 0. The van der Waals surface area contributed by atoms with Crippen molar-refractivity contribution in [1.82, 2.24) is 9.62 Å². The molecule has 3 rings (SSSR count). The van der Waals surface area contributed by atoms with Gasteiger partial charge in [0.2, 0.25) is 0 Å². The van der Waals surface area contributed by atoms with E-state index in [9.17, 15) is 19.2 Å². The van der Waals surface area contributed by atoms with Gasteiger partial charge in [0.15, 0.2) is 6.61 Å². The van der Waals surface area contributed by atoms with E-state index in [1.165, 1.54) is 4.31 Å². The predicted molar refractivity (Wildman–Crippen MR) is 112 cm³/mol. The van der Waals surface area contributed by atoms with Crippen molar-refractivity contribution in [1.29, 1.82) is 0 Å². The molecule has 0 radical (unpaired) electrons. The second-order valence-electron chi connectivity index (χ2n) is 8.84. The highest BCUT2D eigenvalue weighted by Gasteiger charge is 2.63. The second-order valence-corrected chi connectivity index (χ2v) is 10.4. The molecule has 3 fully saturated rings. The minimum Gasteiger partial charge on any atom is -0.479 e. The fourth-order valence-electron chi connectivity index (χ4n) is 4.89. The Morgan fingerprint density at radius 1 is 1.33 bits per heavy atom. The highest BCUT2D eigenvalue weighted by atomic mass is 79.9. The molecule has 1 saturated heterocycles. The Hall–Kier alpha value is -1.49. The zero-order valence-electron chi connectivity index (χ0n) is 17.2. The lowest BCUT2D eigenvalue weighted by Gasteiger charge is -2.45. The SMILES string of the molecule is CC1(C)C2CCC1(C)C(OC(=O)N[C@@H]1C(=O)N(SCC(=O)OCC(=O)O)[C@@H]1CBr)C2. The van der Waals surface area contributed by atoms with Crippen LogP contribution in [-0.4, -0.2) is 69.2 Å². The molecule has 3 aliphatic rings. The van der Waals surface area contributed by atoms with Crippen molar-refractivity contribution in [3.8, 4) is 0 Å². The first-order chi connectivity index (χ1) is 14.0. The van der Waals surface area contributed by atoms with Crippen LogP contribution in [0.15, 0.2) is 0 Å². The van der Waals surface area contributed by atoms with Crippen LogP contribution in [0, 0.1) is 16.7 Å². The van der Waals surface area contributed by atoms with Gasteiger partial charge in [0.05, 0.1) is 6.04 Å². The molecule has 0 spiro atoms. The zero-order valence-corrected chi connectivity index (χ0v) is 19.6. The van der Waals surface area contributed by atoms with Crippen LogP contribution in [0.1, 0.15) is 40.0 Å². The zero-order chi connectivity index (χ0) is 22.3. The van der Waals surface area contributed by atoms with E-state index >= 15 is 0 Å². The van der Waals surface area contributed by atoms with Crippen molar-refractivity contribution < 1.29 is 33.8 Å². The van der Waals surface area contributed by atoms with E-state index in [1.54, 1.807) is 0 Å². The molecule has 0 aromatic heterocycles. The smallest absolute Gasteiger partial charge is 0.408 e. The molecule has 30 heavy (non-hydrogen) atoms. The minimum atomic E-state index is -1.25. The van der Waals surface area contributed by atoms with Crippen LogP contribution in [-0.2, 0) is 23.9 Å². The fourth-order valence-corrected chi connectivity index (χ4v) is 6.70. The Kier molecular flexibility index (Phi) is 6.62. The molecule has 0 aromatic rings. The van der Waals surface area contributed by atoms with E-state index in [4.69, 9.17) is 9.84 Å². The number of halogens is 1. The summed E-state index contributed by atoms with van der Waals surface area (Å²) in [5.41, 5.74) is 0.0525. The number of esters is 1. The number of carbonyl (C=O) groups is 4. The molecule has 11 heteroatoms. The van der Waals surface area contributed by atoms with Gasteiger partial charge < -0.3 is 19.9 Å². The van der Waals surface area contributed by atoms with Crippen LogP contribution < -0.4 is 5.32 Å². The van der Waals surface area contributed by atoms with Gasteiger partial charge in [-0.25, -0.2) is 9.59 Å². The molecule has 1 aliphatic heterocycles. The fraction of sp³-hybridized carbons (Fsp3) is 0.789. The maximum absolute atomic E-state index is 12.5. The predicted octanol–water partition coefficient (Wildman–Crippen LogP) is 2.18. The number of β-lactam (4-membered cyclic amide) rings is 1. The van der Waals surface area contributed by atoms with Gasteiger partial charge in [0.25, 0.3) is 5.91 Å². The standard InChI is InChI=1S/C19H27BrN2O7S/c1-18(2)10-4-5-19(18,3)12(6-10)29-17(27)21-15-11(7-20)22(16(15)26)30-9-14(25)28-8-13(23)24/h10-12,15H,4-9H2,1-3H3,(H,21,27)(H,23,24)/t10?,11-,12?,15+,19?/m1/s1. The molecule has 0 aromatic carbocycles. The van der Waals surface area contributed by atoms with E-state index in [2.05, 4.69) is 46.8 Å². The van der Waals surface area contributed by atoms with Crippen LogP contribution in [0.2, 0.25) is 0 Å². The molecular weight excluding hydrogens is 480 g/mol. The van der Waals surface area contributed by atoms with Gasteiger partial charge >= 0.3 is 18.0 Å². The molecular formula is C19H27BrN2O7S. The van der Waals surface area contributed by atoms with Gasteiger partial charge in [-0.1, -0.05) is 36.7 Å². The summed E-state index contributed by atoms with van der Waals surface area (Å²) in [5.74, 6) is -1.98. The molecule has 2 N–H and O–H groups in total. The van der Waals surface area contributed by atoms with Crippen molar-refractivity contribution in [2.75, 3.05) is 17.7 Å². The van der Waals surface area contributed by atoms with Crippen molar-refractivity contribution in [2.45, 2.75) is 58.2 Å². The monoisotopic (exact) mass is 506 g/mol. The third kappa shape index (κ3) is 4.02. The number of carbonyl (C=O) groups excluding carboxylic acids is 3. The van der Waals surface area contributed by atoms with Gasteiger partial charge in [-0.3, -0.25) is 13.9 Å². The van der Waals surface area contributed by atoms with E-state index in [-0.39, 0.29) is 34.6 Å². The first-order valence-electron chi connectivity index (χ1n) is 9.87. The molecule has 1 heterocycles. The maximum atomic E-state index is 12.5. The first kappa shape index (κ1) is 23.2. The number of carboxylic acid groups (broad SMARTS) is 1. The van der Waals surface area contributed by atoms with Gasteiger partial charge in [-0.05, 0) is 42.5 Å². The third-order valence-corrected chi connectivity index (χ3v) is 9.00. The Bertz CT molecular complexity index is 748. The van der Waals surface area contributed by atoms with Crippen molar-refractivity contribution in [3.05, 3.63) is 0 Å². The number of hydrogen-bond acceptors (Lipinski definition) is 7. The summed E-state index contributed by atoms with van der Waals surface area (Å²) in [6, 6.07) is -1.09. The number of ether oxygens (including phenoxy) is 2. The van der Waals surface area contributed by atoms with Gasteiger partial charge in [0.1, 0.15) is 17.9 Å². The number of aliphatic carboxylic acids is 1. The lowest BCUT2D eigenvalue weighted by molar-refractivity contribution is -0.153. The quantitative estimate of drug-likeness (QED) is 0.222. The molecule has 2 bridgehead atoms. The van der Waals surface area contributed by atoms with Crippen LogP contribution in [0.25, 0.3) is 0 Å². The molecule has 3 unspecified atom stereocenters. The van der Waals surface area contributed by atoms with E-state index in [0.717, 1.165) is 31.2 Å². The number of alkyl halides is 1. The molecule has 5 atom stereocenters. The number of rotatable bonds is 8. The molecule has 9 nitrogen and oxygen atoms in total. The summed E-state index contributed by atoms with van der Waals surface area (Å²) < 4.78 is 11.7. The number of amides is 2. The van der Waals surface area contributed by atoms with E-state index < -0.39 is 30.7 Å². The Morgan fingerprint density at radius 2 is 2.03 bits per heavy atom. The number of fused-ring (bicyclic) bond motifs is 2. The summed E-state index contributed by atoms with van der Waals surface area (Å²) in [5, 5.41) is 11.6. The van der Waals surface area contributed by atoms with Crippen LogP contribution in [0.4, 0.5) is 4.79 Å². The largest absolute Gasteiger partial charge is 0.479 e. The van der Waals surface area contributed by atoms with Crippen LogP contribution in [0.3, 0.4) is 0 Å². The minimum absolute atomic E-state index is 0.0638. The molecule has 2 amide bonds. The summed E-state index contributed by atoms with van der Waals surface area (Å²) in [6.45, 7) is 5.93. The lowest BCUT2D eigenvalue weighted by atomic mass is 9.70. The van der Waals surface area contributed by atoms with Crippen molar-refractivity contribution >= 4 is 51.8 Å². The number of alkyl carbamates (subject to hydrolysis) is 1. The van der Waals surface area contributed by atoms with Crippen LogP contribution in [0.5, 0.6) is 0 Å². The Morgan fingerprint density at radius 3 is 2.57 bits per heavy atom. The van der Waals surface area contributed by atoms with Gasteiger partial charge in [-0.15, -0.1) is 0 Å². The van der Waals surface area contributed by atoms with E-state index in [0.29, 0.717) is 11.2 Å². The van der Waals surface area contributed by atoms with Crippen LogP contribution >= 0.6 is 27.9 Å². The molecule has 168 valence electrons. The number of nitrogens with one attached hydrogen (secondary N) is 1. The topological polar surface area (TPSA) is 122 Å². The van der Waals surface area contributed by atoms with Gasteiger partial charge in [-0.2, -0.15) is 0 Å². The number of carboxylic acids is 1. The summed E-state index contributed by atoms with van der Waals surface area (Å²) in [4.78, 5) is 46.9. The van der Waals surface area contributed by atoms with Crippen molar-refractivity contribution in [3.63, 3.8) is 0 Å². The number of nitrogens with zero attached hydrogens (tertiary/aromatic N) is 1. The molecule has 2 aliphatic carbocycles. The first-order valence-corrected chi connectivity index (χ1v) is 11.9. The average molecular weight is 507 g/mol. The Balaban J connectivity index is 1.49. The van der Waals surface area contributed by atoms with Crippen molar-refractivity contribution in [2.24, 2.45) is 16.7 Å². The summed E-state index contributed by atoms with van der Waals surface area (Å²) >= 11 is 4.26. The highest BCUT2D eigenvalue weighted by Crippen LogP contribution is 2.66. The Labute approximate surface area is 187 Å². The number of hydrogen-bond donors (Lipinski definition) is 2. The highest BCUT2D eigenvalue weighted by molar-refractivity contribution is 9.09. The van der Waals surface area contributed by atoms with Gasteiger partial charge in [0, 0.05) is 10.7 Å². The normalized spacial score (nSPS) is 33.7. The average Bonchev–Trinajstić information content (AvgIpc) is 3.01.